The number of hydrogen-bond donors (Lipinski definition) is 1. The fourth-order valence-corrected chi connectivity index (χ4v) is 1.59. The van der Waals surface area contributed by atoms with Crippen molar-refractivity contribution in [3.63, 3.8) is 0 Å². The Bertz CT molecular complexity index is 501. The summed E-state index contributed by atoms with van der Waals surface area (Å²) in [4.78, 5) is 19.2. The molecule has 2 aromatic rings. The van der Waals surface area contributed by atoms with Crippen molar-refractivity contribution in [3.8, 4) is 0 Å². The fraction of sp³-hybridized carbons (Fsp3) is 0.222. The van der Waals surface area contributed by atoms with E-state index in [1.807, 2.05) is 0 Å². The zero-order chi connectivity index (χ0) is 12.1. The molecule has 2 heterocycles. The molecular weight excluding hydrogens is 242 g/mol. The Labute approximate surface area is 101 Å². The highest BCUT2D eigenvalue weighted by molar-refractivity contribution is 7.99. The van der Waals surface area contributed by atoms with Gasteiger partial charge in [0.2, 0.25) is 17.7 Å². The van der Waals surface area contributed by atoms with Crippen LogP contribution in [0.4, 0.5) is 5.95 Å². The Morgan fingerprint density at radius 3 is 2.82 bits per heavy atom. The molecule has 2 rings (SSSR count). The van der Waals surface area contributed by atoms with E-state index in [4.69, 9.17) is 4.42 Å². The van der Waals surface area contributed by atoms with Crippen molar-refractivity contribution >= 4 is 23.6 Å². The highest BCUT2D eigenvalue weighted by atomic mass is 32.2. The van der Waals surface area contributed by atoms with Gasteiger partial charge in [-0.15, -0.1) is 10.2 Å². The first-order valence-corrected chi connectivity index (χ1v) is 5.72. The van der Waals surface area contributed by atoms with Gasteiger partial charge < -0.3 is 4.42 Å². The van der Waals surface area contributed by atoms with Crippen LogP contribution in [0.5, 0.6) is 0 Å². The number of carbonyl (C=O) groups excluding carboxylic acids is 1. The molecule has 0 saturated heterocycles. The van der Waals surface area contributed by atoms with Gasteiger partial charge in [0.1, 0.15) is 0 Å². The number of nitrogens with one attached hydrogen (secondary N) is 1. The molecular formula is C9H9N5O2S. The summed E-state index contributed by atoms with van der Waals surface area (Å²) in [7, 11) is 0. The third-order valence-electron chi connectivity index (χ3n) is 1.65. The lowest BCUT2D eigenvalue weighted by Gasteiger charge is -2.00. The fourth-order valence-electron chi connectivity index (χ4n) is 0.988. The predicted octanol–water partition coefficient (Wildman–Crippen LogP) is 0.899. The summed E-state index contributed by atoms with van der Waals surface area (Å²) in [5.74, 6) is 0.691. The largest absolute Gasteiger partial charge is 0.416 e. The summed E-state index contributed by atoms with van der Waals surface area (Å²) in [6.07, 6.45) is 3.11. The summed E-state index contributed by atoms with van der Waals surface area (Å²) in [5, 5.41) is 10.3. The van der Waals surface area contributed by atoms with Crippen LogP contribution in [-0.2, 0) is 4.79 Å². The summed E-state index contributed by atoms with van der Waals surface area (Å²) >= 11 is 1.16. The van der Waals surface area contributed by atoms with Gasteiger partial charge in [-0.3, -0.25) is 10.1 Å². The van der Waals surface area contributed by atoms with Crippen molar-refractivity contribution in [1.29, 1.82) is 0 Å². The molecule has 2 aromatic heterocycles. The summed E-state index contributed by atoms with van der Waals surface area (Å²) in [6, 6.07) is 1.67. The summed E-state index contributed by atoms with van der Waals surface area (Å²) in [6.45, 7) is 1.69. The Balaban J connectivity index is 1.82. The first-order valence-electron chi connectivity index (χ1n) is 4.74. The maximum Gasteiger partial charge on any atom is 0.277 e. The van der Waals surface area contributed by atoms with Crippen molar-refractivity contribution in [3.05, 3.63) is 24.4 Å². The number of aromatic nitrogens is 4. The van der Waals surface area contributed by atoms with E-state index in [1.54, 1.807) is 25.4 Å². The van der Waals surface area contributed by atoms with E-state index in [0.717, 1.165) is 11.8 Å². The van der Waals surface area contributed by atoms with Gasteiger partial charge in [-0.05, 0) is 6.07 Å². The standard InChI is InChI=1S/C9H9N5O2S/c1-6-13-14-9(16-6)17-5-7(15)12-8-10-3-2-4-11-8/h2-4H,5H2,1H3,(H,10,11,12,15). The molecule has 17 heavy (non-hydrogen) atoms. The van der Waals surface area contributed by atoms with E-state index in [-0.39, 0.29) is 17.6 Å². The monoisotopic (exact) mass is 251 g/mol. The predicted molar refractivity (Wildman–Crippen MR) is 60.4 cm³/mol. The molecule has 88 valence electrons. The van der Waals surface area contributed by atoms with E-state index >= 15 is 0 Å². The van der Waals surface area contributed by atoms with Gasteiger partial charge in [0.15, 0.2) is 0 Å². The Morgan fingerprint density at radius 1 is 1.41 bits per heavy atom. The summed E-state index contributed by atoms with van der Waals surface area (Å²) < 4.78 is 5.11. The third kappa shape index (κ3) is 3.52. The molecule has 0 aliphatic heterocycles. The van der Waals surface area contributed by atoms with Crippen LogP contribution >= 0.6 is 11.8 Å². The number of anilines is 1. The van der Waals surface area contributed by atoms with Crippen LogP contribution in [0.25, 0.3) is 0 Å². The number of rotatable bonds is 4. The van der Waals surface area contributed by atoms with Crippen LogP contribution in [0, 0.1) is 6.92 Å². The van der Waals surface area contributed by atoms with Crippen LogP contribution in [-0.4, -0.2) is 31.8 Å². The highest BCUT2D eigenvalue weighted by Crippen LogP contribution is 2.15. The number of nitrogens with zero attached hydrogens (tertiary/aromatic N) is 4. The minimum atomic E-state index is -0.225. The van der Waals surface area contributed by atoms with Gasteiger partial charge in [-0.25, -0.2) is 9.97 Å². The molecule has 0 spiro atoms. The lowest BCUT2D eigenvalue weighted by molar-refractivity contribution is -0.113. The maximum atomic E-state index is 11.5. The zero-order valence-electron chi connectivity index (χ0n) is 8.95. The minimum absolute atomic E-state index is 0.167. The molecule has 0 aromatic carbocycles. The summed E-state index contributed by atoms with van der Waals surface area (Å²) in [5.41, 5.74) is 0. The Hall–Kier alpha value is -1.96. The van der Waals surface area contributed by atoms with Gasteiger partial charge in [-0.1, -0.05) is 11.8 Å². The first kappa shape index (κ1) is 11.5. The van der Waals surface area contributed by atoms with Crippen molar-refractivity contribution in [1.82, 2.24) is 20.2 Å². The molecule has 1 amide bonds. The van der Waals surface area contributed by atoms with E-state index in [2.05, 4.69) is 25.5 Å². The SMILES string of the molecule is Cc1nnc(SCC(=O)Nc2ncccn2)o1. The molecule has 0 bridgehead atoms. The molecule has 1 N–H and O–H groups in total. The minimum Gasteiger partial charge on any atom is -0.416 e. The Morgan fingerprint density at radius 2 is 2.18 bits per heavy atom. The number of carbonyl (C=O) groups is 1. The first-order chi connectivity index (χ1) is 8.24. The topological polar surface area (TPSA) is 93.8 Å². The normalized spacial score (nSPS) is 10.2. The average Bonchev–Trinajstić information content (AvgIpc) is 2.74. The van der Waals surface area contributed by atoms with Crippen LogP contribution < -0.4 is 5.32 Å². The smallest absolute Gasteiger partial charge is 0.277 e. The van der Waals surface area contributed by atoms with Crippen LogP contribution in [0.15, 0.2) is 28.1 Å². The number of amides is 1. The second kappa shape index (κ2) is 5.39. The van der Waals surface area contributed by atoms with Crippen molar-refractivity contribution in [2.45, 2.75) is 12.1 Å². The number of aryl methyl sites for hydroxylation is 1. The van der Waals surface area contributed by atoms with E-state index in [0.29, 0.717) is 11.1 Å². The lowest BCUT2D eigenvalue weighted by atomic mass is 10.6. The molecule has 0 unspecified atom stereocenters. The second-order valence-electron chi connectivity index (χ2n) is 3.00. The number of thioether (sulfide) groups is 1. The van der Waals surface area contributed by atoms with Crippen LogP contribution in [0.3, 0.4) is 0 Å². The maximum absolute atomic E-state index is 11.5. The molecule has 0 saturated carbocycles. The van der Waals surface area contributed by atoms with Crippen molar-refractivity contribution in [2.75, 3.05) is 11.1 Å². The highest BCUT2D eigenvalue weighted by Gasteiger charge is 2.08. The molecule has 0 fully saturated rings. The van der Waals surface area contributed by atoms with Gasteiger partial charge >= 0.3 is 0 Å². The second-order valence-corrected chi connectivity index (χ2v) is 3.92. The molecule has 8 heteroatoms. The number of hydrogen-bond acceptors (Lipinski definition) is 7. The quantitative estimate of drug-likeness (QED) is 0.806. The molecule has 0 aliphatic rings. The van der Waals surface area contributed by atoms with E-state index in [1.165, 1.54) is 0 Å². The Kier molecular flexibility index (Phi) is 3.66. The van der Waals surface area contributed by atoms with Crippen LogP contribution in [0.1, 0.15) is 5.89 Å². The van der Waals surface area contributed by atoms with Crippen LogP contribution in [0.2, 0.25) is 0 Å². The molecule has 0 aliphatic carbocycles. The van der Waals surface area contributed by atoms with E-state index in [9.17, 15) is 4.79 Å². The lowest BCUT2D eigenvalue weighted by Crippen LogP contribution is -2.15. The average molecular weight is 251 g/mol. The molecule has 0 radical (unpaired) electrons. The van der Waals surface area contributed by atoms with Crippen molar-refractivity contribution in [2.24, 2.45) is 0 Å². The van der Waals surface area contributed by atoms with Gasteiger partial charge in [0, 0.05) is 19.3 Å². The molecule has 0 atom stereocenters. The third-order valence-corrected chi connectivity index (χ3v) is 2.47. The van der Waals surface area contributed by atoms with Gasteiger partial charge in [-0.2, -0.15) is 0 Å². The molecule has 7 nitrogen and oxygen atoms in total. The van der Waals surface area contributed by atoms with Crippen molar-refractivity contribution < 1.29 is 9.21 Å². The zero-order valence-corrected chi connectivity index (χ0v) is 9.77. The van der Waals surface area contributed by atoms with Gasteiger partial charge in [0.25, 0.3) is 5.22 Å². The van der Waals surface area contributed by atoms with E-state index < -0.39 is 0 Å². The van der Waals surface area contributed by atoms with Gasteiger partial charge in [0.05, 0.1) is 5.75 Å².